The normalized spacial score (nSPS) is 10.6. The highest BCUT2D eigenvalue weighted by Crippen LogP contribution is 2.29. The molecule has 0 aliphatic rings. The fourth-order valence-corrected chi connectivity index (χ4v) is 2.65. The van der Waals surface area contributed by atoms with E-state index < -0.39 is 0 Å². The molecule has 8 heteroatoms. The van der Waals surface area contributed by atoms with Gasteiger partial charge in [-0.05, 0) is 50.2 Å². The van der Waals surface area contributed by atoms with Crippen LogP contribution in [0.2, 0.25) is 0 Å². The van der Waals surface area contributed by atoms with Gasteiger partial charge in [-0.25, -0.2) is 4.39 Å². The number of aryl methyl sites for hydroxylation is 1. The first-order valence-corrected chi connectivity index (χ1v) is 9.37. The summed E-state index contributed by atoms with van der Waals surface area (Å²) in [5.74, 6) is 1.33. The molecule has 0 radical (unpaired) electrons. The maximum absolute atomic E-state index is 13.0. The van der Waals surface area contributed by atoms with Crippen molar-refractivity contribution in [3.8, 4) is 22.9 Å². The molecule has 1 amide bonds. The average molecular weight is 399 g/mol. The summed E-state index contributed by atoms with van der Waals surface area (Å²) in [6.07, 6.45) is 0.421. The number of ether oxygens (including phenoxy) is 2. The van der Waals surface area contributed by atoms with Crippen molar-refractivity contribution in [2.75, 3.05) is 18.5 Å². The first-order valence-electron chi connectivity index (χ1n) is 9.37. The molecule has 1 N–H and O–H groups in total. The number of hydrogen-bond donors (Lipinski definition) is 1. The molecule has 0 aliphatic heterocycles. The number of hydrogen-bond acceptors (Lipinski definition) is 6. The third kappa shape index (κ3) is 5.54. The maximum Gasteiger partial charge on any atom is 0.227 e. The first kappa shape index (κ1) is 20.3. The van der Waals surface area contributed by atoms with E-state index in [4.69, 9.17) is 14.0 Å². The second kappa shape index (κ2) is 9.68. The number of rotatable bonds is 9. The Morgan fingerprint density at radius 3 is 2.59 bits per heavy atom. The van der Waals surface area contributed by atoms with Crippen LogP contribution >= 0.6 is 0 Å². The third-order valence-corrected chi connectivity index (χ3v) is 3.97. The standard InChI is InChI=1S/C21H22FN3O4/c1-3-27-16-9-10-18(28-4-2)17(13-16)23-19(26)11-12-20-24-21(25-29-20)14-5-7-15(22)8-6-14/h5-10,13H,3-4,11-12H2,1-2H3,(H,23,26). The number of nitrogens with zero attached hydrogens (tertiary/aromatic N) is 2. The van der Waals surface area contributed by atoms with Gasteiger partial charge in [0.2, 0.25) is 17.6 Å². The van der Waals surface area contributed by atoms with Crippen molar-refractivity contribution in [2.24, 2.45) is 0 Å². The van der Waals surface area contributed by atoms with E-state index in [0.29, 0.717) is 47.7 Å². The number of carbonyl (C=O) groups is 1. The van der Waals surface area contributed by atoms with Crippen molar-refractivity contribution in [3.63, 3.8) is 0 Å². The minimum atomic E-state index is -0.339. The first-order chi connectivity index (χ1) is 14.1. The van der Waals surface area contributed by atoms with Gasteiger partial charge in [0.25, 0.3) is 0 Å². The number of nitrogens with one attached hydrogen (secondary N) is 1. The van der Waals surface area contributed by atoms with Crippen molar-refractivity contribution in [1.82, 2.24) is 10.1 Å². The molecule has 152 valence electrons. The Morgan fingerprint density at radius 2 is 1.86 bits per heavy atom. The number of amides is 1. The molecule has 0 saturated carbocycles. The van der Waals surface area contributed by atoms with Gasteiger partial charge < -0.3 is 19.3 Å². The quantitative estimate of drug-likeness (QED) is 0.579. The molecule has 0 unspecified atom stereocenters. The van der Waals surface area contributed by atoms with Crippen LogP contribution in [-0.2, 0) is 11.2 Å². The van der Waals surface area contributed by atoms with Gasteiger partial charge in [-0.1, -0.05) is 5.16 Å². The topological polar surface area (TPSA) is 86.5 Å². The number of anilines is 1. The third-order valence-electron chi connectivity index (χ3n) is 3.97. The van der Waals surface area contributed by atoms with Gasteiger partial charge >= 0.3 is 0 Å². The van der Waals surface area contributed by atoms with E-state index in [2.05, 4.69) is 15.5 Å². The molecule has 0 aliphatic carbocycles. The van der Waals surface area contributed by atoms with Gasteiger partial charge in [0.05, 0.1) is 18.9 Å². The molecule has 7 nitrogen and oxygen atoms in total. The summed E-state index contributed by atoms with van der Waals surface area (Å²) < 4.78 is 29.2. The zero-order valence-corrected chi connectivity index (χ0v) is 16.3. The van der Waals surface area contributed by atoms with Crippen molar-refractivity contribution < 1.29 is 23.2 Å². The van der Waals surface area contributed by atoms with Crippen molar-refractivity contribution in [1.29, 1.82) is 0 Å². The van der Waals surface area contributed by atoms with Crippen LogP contribution in [0.5, 0.6) is 11.5 Å². The summed E-state index contributed by atoms with van der Waals surface area (Å²) >= 11 is 0. The summed E-state index contributed by atoms with van der Waals surface area (Å²) in [6, 6.07) is 11.1. The van der Waals surface area contributed by atoms with E-state index in [1.807, 2.05) is 13.8 Å². The highest BCUT2D eigenvalue weighted by atomic mass is 19.1. The molecule has 1 heterocycles. The summed E-state index contributed by atoms with van der Waals surface area (Å²) in [7, 11) is 0. The summed E-state index contributed by atoms with van der Waals surface area (Å²) in [5, 5.41) is 6.71. The van der Waals surface area contributed by atoms with E-state index >= 15 is 0 Å². The molecule has 0 spiro atoms. The molecule has 3 rings (SSSR count). The van der Waals surface area contributed by atoms with Crippen molar-refractivity contribution >= 4 is 11.6 Å². The van der Waals surface area contributed by atoms with Crippen molar-refractivity contribution in [3.05, 3.63) is 54.2 Å². The van der Waals surface area contributed by atoms with Crippen LogP contribution in [0.4, 0.5) is 10.1 Å². The summed E-state index contributed by atoms with van der Waals surface area (Å²) in [4.78, 5) is 16.6. The number of aromatic nitrogens is 2. The average Bonchev–Trinajstić information content (AvgIpc) is 3.18. The summed E-state index contributed by atoms with van der Waals surface area (Å²) in [6.45, 7) is 4.76. The fraction of sp³-hybridized carbons (Fsp3) is 0.286. The van der Waals surface area contributed by atoms with E-state index in [1.54, 1.807) is 30.3 Å². The van der Waals surface area contributed by atoms with Gasteiger partial charge in [0.15, 0.2) is 0 Å². The Hall–Kier alpha value is -3.42. The van der Waals surface area contributed by atoms with Crippen LogP contribution in [0.3, 0.4) is 0 Å². The minimum Gasteiger partial charge on any atom is -0.494 e. The minimum absolute atomic E-state index is 0.148. The van der Waals surface area contributed by atoms with Crippen LogP contribution in [0.25, 0.3) is 11.4 Å². The molecule has 0 atom stereocenters. The van der Waals surface area contributed by atoms with E-state index in [9.17, 15) is 9.18 Å². The molecule has 0 fully saturated rings. The van der Waals surface area contributed by atoms with Crippen LogP contribution in [-0.4, -0.2) is 29.3 Å². The number of carbonyl (C=O) groups excluding carboxylic acids is 1. The van der Waals surface area contributed by atoms with Crippen LogP contribution in [0.15, 0.2) is 47.0 Å². The van der Waals surface area contributed by atoms with E-state index in [0.717, 1.165) is 0 Å². The molecule has 29 heavy (non-hydrogen) atoms. The Morgan fingerprint density at radius 1 is 1.10 bits per heavy atom. The monoisotopic (exact) mass is 399 g/mol. The summed E-state index contributed by atoms with van der Waals surface area (Å²) in [5.41, 5.74) is 1.18. The maximum atomic E-state index is 13.0. The van der Waals surface area contributed by atoms with Gasteiger partial charge in [-0.2, -0.15) is 4.98 Å². The lowest BCUT2D eigenvalue weighted by molar-refractivity contribution is -0.116. The van der Waals surface area contributed by atoms with Crippen molar-refractivity contribution in [2.45, 2.75) is 26.7 Å². The molecular weight excluding hydrogens is 377 g/mol. The predicted molar refractivity (Wildman–Crippen MR) is 105 cm³/mol. The van der Waals surface area contributed by atoms with Crippen LogP contribution < -0.4 is 14.8 Å². The highest BCUT2D eigenvalue weighted by molar-refractivity contribution is 5.92. The molecule has 1 aromatic heterocycles. The van der Waals surface area contributed by atoms with Crippen LogP contribution in [0.1, 0.15) is 26.2 Å². The van der Waals surface area contributed by atoms with Gasteiger partial charge in [0, 0.05) is 24.5 Å². The molecule has 2 aromatic carbocycles. The smallest absolute Gasteiger partial charge is 0.227 e. The Labute approximate surface area is 167 Å². The second-order valence-corrected chi connectivity index (χ2v) is 6.09. The zero-order chi connectivity index (χ0) is 20.6. The fourth-order valence-electron chi connectivity index (χ4n) is 2.65. The highest BCUT2D eigenvalue weighted by Gasteiger charge is 2.13. The number of halogens is 1. The molecular formula is C21H22FN3O4. The van der Waals surface area contributed by atoms with E-state index in [-0.39, 0.29) is 24.6 Å². The molecule has 0 bridgehead atoms. The second-order valence-electron chi connectivity index (χ2n) is 6.09. The Balaban J connectivity index is 1.61. The van der Waals surface area contributed by atoms with E-state index in [1.165, 1.54) is 12.1 Å². The lowest BCUT2D eigenvalue weighted by atomic mass is 10.2. The Bertz CT molecular complexity index is 957. The SMILES string of the molecule is CCOc1ccc(OCC)c(NC(=O)CCc2nc(-c3ccc(F)cc3)no2)c1. The molecule has 3 aromatic rings. The number of benzene rings is 2. The zero-order valence-electron chi connectivity index (χ0n) is 16.3. The van der Waals surface area contributed by atoms with Gasteiger partial charge in [0.1, 0.15) is 17.3 Å². The van der Waals surface area contributed by atoms with Gasteiger partial charge in [-0.15, -0.1) is 0 Å². The largest absolute Gasteiger partial charge is 0.494 e. The van der Waals surface area contributed by atoms with Gasteiger partial charge in [-0.3, -0.25) is 4.79 Å². The lowest BCUT2D eigenvalue weighted by Gasteiger charge is -2.13. The predicted octanol–water partition coefficient (Wildman–Crippen LogP) is 4.24. The lowest BCUT2D eigenvalue weighted by Crippen LogP contribution is -2.13. The molecule has 0 saturated heterocycles. The van der Waals surface area contributed by atoms with Crippen LogP contribution in [0, 0.1) is 5.82 Å². The Kier molecular flexibility index (Phi) is 6.78.